The van der Waals surface area contributed by atoms with E-state index in [1.165, 1.54) is 21.3 Å². The summed E-state index contributed by atoms with van der Waals surface area (Å²) in [7, 11) is 4.56. The third-order valence-corrected chi connectivity index (χ3v) is 4.33. The van der Waals surface area contributed by atoms with Crippen LogP contribution in [0, 0.1) is 0 Å². The number of benzene rings is 1. The summed E-state index contributed by atoms with van der Waals surface area (Å²) in [6, 6.07) is 3.06. The smallest absolute Gasteiger partial charge is 0.268 e. The molecular weight excluding hydrogens is 338 g/mol. The van der Waals surface area contributed by atoms with Crippen LogP contribution in [0.4, 0.5) is 0 Å². The molecule has 8 heteroatoms. The molecule has 1 heterocycles. The first-order chi connectivity index (χ1) is 12.5. The summed E-state index contributed by atoms with van der Waals surface area (Å²) in [5.74, 6) is 0.825. The van der Waals surface area contributed by atoms with Crippen molar-refractivity contribution in [2.45, 2.75) is 31.8 Å². The number of nitrogens with one attached hydrogen (secondary N) is 3. The predicted octanol–water partition coefficient (Wildman–Crippen LogP) is 1.59. The Balaban J connectivity index is 1.85. The van der Waals surface area contributed by atoms with Gasteiger partial charge < -0.3 is 29.8 Å². The topological polar surface area (TPSA) is 102 Å². The van der Waals surface area contributed by atoms with Gasteiger partial charge >= 0.3 is 0 Å². The second-order valence-corrected chi connectivity index (χ2v) is 6.27. The number of hydrogen-bond acceptors (Lipinski definition) is 5. The van der Waals surface area contributed by atoms with Crippen LogP contribution in [0.1, 0.15) is 30.3 Å². The maximum absolute atomic E-state index is 12.5. The Bertz CT molecular complexity index is 841. The Labute approximate surface area is 151 Å². The fraction of sp³-hybridized carbons (Fsp3) is 0.444. The van der Waals surface area contributed by atoms with Crippen LogP contribution in [-0.4, -0.2) is 50.2 Å². The Kier molecular flexibility index (Phi) is 4.92. The number of H-pyrrole nitrogens is 1. The highest BCUT2D eigenvalue weighted by Gasteiger charge is 2.27. The van der Waals surface area contributed by atoms with Gasteiger partial charge in [0, 0.05) is 11.4 Å². The molecule has 1 saturated carbocycles. The van der Waals surface area contributed by atoms with E-state index in [-0.39, 0.29) is 17.9 Å². The number of carbonyl (C=O) groups excluding carboxylic acids is 2. The van der Waals surface area contributed by atoms with Gasteiger partial charge in [0.2, 0.25) is 11.7 Å². The van der Waals surface area contributed by atoms with Crippen LogP contribution in [0.2, 0.25) is 0 Å². The number of carbonyl (C=O) groups is 2. The maximum atomic E-state index is 12.5. The van der Waals surface area contributed by atoms with E-state index in [1.54, 1.807) is 19.1 Å². The zero-order valence-electron chi connectivity index (χ0n) is 15.3. The minimum Gasteiger partial charge on any atom is -0.493 e. The van der Waals surface area contributed by atoms with Gasteiger partial charge in [0.15, 0.2) is 11.5 Å². The molecule has 8 nitrogen and oxygen atoms in total. The number of fused-ring (bicyclic) bond motifs is 1. The zero-order valence-corrected chi connectivity index (χ0v) is 15.3. The fourth-order valence-corrected chi connectivity index (χ4v) is 2.76. The van der Waals surface area contributed by atoms with Crippen LogP contribution < -0.4 is 24.8 Å². The molecule has 1 unspecified atom stereocenters. The van der Waals surface area contributed by atoms with Crippen molar-refractivity contribution < 1.29 is 23.8 Å². The van der Waals surface area contributed by atoms with Gasteiger partial charge in [-0.2, -0.15) is 0 Å². The van der Waals surface area contributed by atoms with Crippen LogP contribution in [-0.2, 0) is 4.79 Å². The molecule has 1 atom stereocenters. The molecule has 1 aromatic carbocycles. The van der Waals surface area contributed by atoms with Crippen molar-refractivity contribution in [3.05, 3.63) is 17.8 Å². The molecule has 1 aliphatic carbocycles. The standard InChI is InChI=1S/C18H23N3O5/c1-9(17(22)20-11-5-6-11)19-18(23)12-7-10-8-13(24-2)15(25-3)16(26-4)14(10)21-12/h7-9,11,21H,5-6H2,1-4H3,(H,19,23)(H,20,22). The van der Waals surface area contributed by atoms with Gasteiger partial charge in [-0.15, -0.1) is 0 Å². The first-order valence-electron chi connectivity index (χ1n) is 8.41. The summed E-state index contributed by atoms with van der Waals surface area (Å²) in [5, 5.41) is 6.30. The normalized spacial score (nSPS) is 14.6. The number of hydrogen-bond donors (Lipinski definition) is 3. The summed E-state index contributed by atoms with van der Waals surface area (Å²) >= 11 is 0. The molecule has 0 aliphatic heterocycles. The maximum Gasteiger partial charge on any atom is 0.268 e. The molecule has 0 radical (unpaired) electrons. The van der Waals surface area contributed by atoms with Crippen LogP contribution in [0.3, 0.4) is 0 Å². The Morgan fingerprint density at radius 3 is 2.38 bits per heavy atom. The lowest BCUT2D eigenvalue weighted by molar-refractivity contribution is -0.122. The van der Waals surface area contributed by atoms with Crippen molar-refractivity contribution in [3.63, 3.8) is 0 Å². The summed E-state index contributed by atoms with van der Waals surface area (Å²) in [4.78, 5) is 27.6. The van der Waals surface area contributed by atoms with Crippen molar-refractivity contribution >= 4 is 22.7 Å². The molecule has 1 fully saturated rings. The third kappa shape index (κ3) is 3.40. The zero-order chi connectivity index (χ0) is 18.8. The highest BCUT2D eigenvalue weighted by Crippen LogP contribution is 2.43. The lowest BCUT2D eigenvalue weighted by atomic mass is 10.2. The number of ether oxygens (including phenoxy) is 3. The summed E-state index contributed by atoms with van der Waals surface area (Å²) < 4.78 is 16.1. The second kappa shape index (κ2) is 7.15. The molecule has 2 amide bonds. The minimum absolute atomic E-state index is 0.183. The minimum atomic E-state index is -0.625. The van der Waals surface area contributed by atoms with Gasteiger partial charge in [0.25, 0.3) is 5.91 Å². The lowest BCUT2D eigenvalue weighted by Gasteiger charge is -2.13. The van der Waals surface area contributed by atoms with Gasteiger partial charge in [-0.1, -0.05) is 0 Å². The van der Waals surface area contributed by atoms with E-state index in [0.29, 0.717) is 28.5 Å². The van der Waals surface area contributed by atoms with E-state index in [2.05, 4.69) is 15.6 Å². The molecule has 26 heavy (non-hydrogen) atoms. The Morgan fingerprint density at radius 1 is 1.12 bits per heavy atom. The van der Waals surface area contributed by atoms with E-state index in [9.17, 15) is 9.59 Å². The highest BCUT2D eigenvalue weighted by molar-refractivity contribution is 6.02. The van der Waals surface area contributed by atoms with E-state index < -0.39 is 6.04 Å². The molecule has 0 spiro atoms. The molecular formula is C18H23N3O5. The summed E-state index contributed by atoms with van der Waals surface area (Å²) in [6.07, 6.45) is 2.00. The molecule has 0 saturated heterocycles. The number of aromatic nitrogens is 1. The average Bonchev–Trinajstić information content (AvgIpc) is 3.34. The van der Waals surface area contributed by atoms with Crippen LogP contribution in [0.15, 0.2) is 12.1 Å². The van der Waals surface area contributed by atoms with Gasteiger partial charge in [0.05, 0.1) is 26.8 Å². The van der Waals surface area contributed by atoms with Crippen molar-refractivity contribution in [2.24, 2.45) is 0 Å². The van der Waals surface area contributed by atoms with E-state index in [0.717, 1.165) is 18.2 Å². The summed E-state index contributed by atoms with van der Waals surface area (Å²) in [5.41, 5.74) is 0.935. The second-order valence-electron chi connectivity index (χ2n) is 6.27. The van der Waals surface area contributed by atoms with Gasteiger partial charge in [-0.25, -0.2) is 0 Å². The molecule has 140 valence electrons. The van der Waals surface area contributed by atoms with Gasteiger partial charge in [-0.3, -0.25) is 9.59 Å². The average molecular weight is 361 g/mol. The van der Waals surface area contributed by atoms with Crippen molar-refractivity contribution in [1.82, 2.24) is 15.6 Å². The SMILES string of the molecule is COc1cc2cc(C(=O)NC(C)C(=O)NC3CC3)[nH]c2c(OC)c1OC. The summed E-state index contributed by atoms with van der Waals surface area (Å²) in [6.45, 7) is 1.66. The molecule has 3 rings (SSSR count). The molecule has 2 aromatic rings. The largest absolute Gasteiger partial charge is 0.493 e. The third-order valence-electron chi connectivity index (χ3n) is 4.33. The van der Waals surface area contributed by atoms with E-state index in [1.807, 2.05) is 0 Å². The van der Waals surface area contributed by atoms with E-state index in [4.69, 9.17) is 14.2 Å². The number of amides is 2. The van der Waals surface area contributed by atoms with Crippen LogP contribution in [0.5, 0.6) is 17.2 Å². The number of rotatable bonds is 7. The van der Waals surface area contributed by atoms with E-state index >= 15 is 0 Å². The van der Waals surface area contributed by atoms with Crippen LogP contribution >= 0.6 is 0 Å². The molecule has 3 N–H and O–H groups in total. The predicted molar refractivity (Wildman–Crippen MR) is 96.0 cm³/mol. The quantitative estimate of drug-likeness (QED) is 0.695. The van der Waals surface area contributed by atoms with Crippen molar-refractivity contribution in [1.29, 1.82) is 0 Å². The first-order valence-corrected chi connectivity index (χ1v) is 8.41. The highest BCUT2D eigenvalue weighted by atomic mass is 16.5. The van der Waals surface area contributed by atoms with Crippen molar-refractivity contribution in [2.75, 3.05) is 21.3 Å². The van der Waals surface area contributed by atoms with Gasteiger partial charge in [-0.05, 0) is 31.9 Å². The Morgan fingerprint density at radius 2 is 1.81 bits per heavy atom. The monoisotopic (exact) mass is 361 g/mol. The number of aromatic amines is 1. The number of methoxy groups -OCH3 is 3. The fourth-order valence-electron chi connectivity index (χ4n) is 2.76. The Hall–Kier alpha value is -2.90. The van der Waals surface area contributed by atoms with Gasteiger partial charge in [0.1, 0.15) is 11.7 Å². The first kappa shape index (κ1) is 17.9. The molecule has 0 bridgehead atoms. The molecule has 1 aliphatic rings. The lowest BCUT2D eigenvalue weighted by Crippen LogP contribution is -2.45. The van der Waals surface area contributed by atoms with Crippen LogP contribution in [0.25, 0.3) is 10.9 Å². The van der Waals surface area contributed by atoms with Crippen molar-refractivity contribution in [3.8, 4) is 17.2 Å². The molecule has 1 aromatic heterocycles.